The lowest BCUT2D eigenvalue weighted by molar-refractivity contribution is -0.137. The minimum Gasteiger partial charge on any atom is -0.305 e. The number of hydrogen-bond donors (Lipinski definition) is 0. The number of benzene rings is 1. The number of aromatic nitrogens is 2. The SMILES string of the molecule is CCC[C@H](c1nc2ccc(C(F)(F)F)cc2c(=O)n1CC)N1CCCN(C)CC1. The Morgan fingerprint density at radius 1 is 1.14 bits per heavy atom. The van der Waals surface area contributed by atoms with E-state index in [2.05, 4.69) is 23.8 Å². The summed E-state index contributed by atoms with van der Waals surface area (Å²) in [6, 6.07) is 3.23. The molecule has 0 N–H and O–H groups in total. The first kappa shape index (κ1) is 21.8. The molecule has 1 atom stereocenters. The molecule has 1 aromatic carbocycles. The van der Waals surface area contributed by atoms with Gasteiger partial charge in [0, 0.05) is 26.2 Å². The van der Waals surface area contributed by atoms with E-state index in [1.165, 1.54) is 6.07 Å². The fourth-order valence-electron chi connectivity index (χ4n) is 4.10. The van der Waals surface area contributed by atoms with Crippen molar-refractivity contribution in [3.63, 3.8) is 0 Å². The van der Waals surface area contributed by atoms with Crippen molar-refractivity contribution in [3.8, 4) is 0 Å². The lowest BCUT2D eigenvalue weighted by atomic mass is 10.1. The molecule has 29 heavy (non-hydrogen) atoms. The second kappa shape index (κ2) is 8.83. The van der Waals surface area contributed by atoms with E-state index in [4.69, 9.17) is 4.98 Å². The second-order valence-corrected chi connectivity index (χ2v) is 7.75. The Bertz CT molecular complexity index is 909. The maximum atomic E-state index is 13.1. The summed E-state index contributed by atoms with van der Waals surface area (Å²) >= 11 is 0. The van der Waals surface area contributed by atoms with Crippen molar-refractivity contribution in [1.82, 2.24) is 19.4 Å². The zero-order valence-electron chi connectivity index (χ0n) is 17.3. The van der Waals surface area contributed by atoms with Crippen LogP contribution in [0.25, 0.3) is 10.9 Å². The molecule has 1 aliphatic rings. The molecule has 1 aromatic heterocycles. The van der Waals surface area contributed by atoms with E-state index in [-0.39, 0.29) is 11.4 Å². The van der Waals surface area contributed by atoms with Crippen LogP contribution in [0.3, 0.4) is 0 Å². The van der Waals surface area contributed by atoms with Gasteiger partial charge < -0.3 is 4.90 Å². The summed E-state index contributed by atoms with van der Waals surface area (Å²) in [5.41, 5.74) is -0.887. The van der Waals surface area contributed by atoms with Crippen molar-refractivity contribution in [2.24, 2.45) is 0 Å². The molecule has 0 aliphatic carbocycles. The molecule has 8 heteroatoms. The molecule has 5 nitrogen and oxygen atoms in total. The van der Waals surface area contributed by atoms with E-state index in [1.807, 2.05) is 6.92 Å². The van der Waals surface area contributed by atoms with Crippen molar-refractivity contribution in [2.45, 2.75) is 51.9 Å². The molecule has 2 heterocycles. The van der Waals surface area contributed by atoms with Gasteiger partial charge in [-0.3, -0.25) is 14.3 Å². The van der Waals surface area contributed by atoms with E-state index >= 15 is 0 Å². The molecular weight excluding hydrogens is 381 g/mol. The minimum absolute atomic E-state index is 0.0224. The van der Waals surface area contributed by atoms with Gasteiger partial charge in [0.15, 0.2) is 0 Å². The van der Waals surface area contributed by atoms with Crippen LogP contribution in [0, 0.1) is 0 Å². The normalized spacial score (nSPS) is 18.1. The van der Waals surface area contributed by atoms with Gasteiger partial charge in [0.25, 0.3) is 5.56 Å². The van der Waals surface area contributed by atoms with E-state index < -0.39 is 17.3 Å². The highest BCUT2D eigenvalue weighted by Crippen LogP contribution is 2.31. The summed E-state index contributed by atoms with van der Waals surface area (Å²) in [4.78, 5) is 22.5. The van der Waals surface area contributed by atoms with Gasteiger partial charge in [-0.25, -0.2) is 4.98 Å². The van der Waals surface area contributed by atoms with Crippen molar-refractivity contribution in [2.75, 3.05) is 33.2 Å². The predicted octanol–water partition coefficient (Wildman–Crippen LogP) is 3.91. The highest BCUT2D eigenvalue weighted by atomic mass is 19.4. The molecule has 0 amide bonds. The number of rotatable bonds is 5. The molecule has 1 saturated heterocycles. The summed E-state index contributed by atoms with van der Waals surface area (Å²) < 4.78 is 40.9. The Balaban J connectivity index is 2.11. The van der Waals surface area contributed by atoms with Gasteiger partial charge in [-0.05, 0) is 51.6 Å². The lowest BCUT2D eigenvalue weighted by Gasteiger charge is -2.31. The summed E-state index contributed by atoms with van der Waals surface area (Å²) in [5, 5.41) is 0.0243. The van der Waals surface area contributed by atoms with Crippen LogP contribution in [-0.4, -0.2) is 52.6 Å². The molecule has 0 radical (unpaired) electrons. The topological polar surface area (TPSA) is 41.4 Å². The fraction of sp³-hybridized carbons (Fsp3) is 0.619. The van der Waals surface area contributed by atoms with E-state index in [0.717, 1.165) is 57.6 Å². The van der Waals surface area contributed by atoms with Crippen LogP contribution in [0.15, 0.2) is 23.0 Å². The summed E-state index contributed by atoms with van der Waals surface area (Å²) in [6.45, 7) is 8.08. The first-order valence-corrected chi connectivity index (χ1v) is 10.3. The standard InChI is InChI=1S/C21H29F3N4O/c1-4-7-18(27-11-6-10-26(3)12-13-27)19-25-17-9-8-15(21(22,23)24)14-16(17)20(29)28(19)5-2/h8-9,14,18H,4-7,10-13H2,1-3H3/t18-/m1/s1. The van der Waals surface area contributed by atoms with Crippen LogP contribution >= 0.6 is 0 Å². The monoisotopic (exact) mass is 410 g/mol. The van der Waals surface area contributed by atoms with Crippen LogP contribution in [0.4, 0.5) is 13.2 Å². The molecule has 0 spiro atoms. The maximum Gasteiger partial charge on any atom is 0.416 e. The Morgan fingerprint density at radius 3 is 2.55 bits per heavy atom. The van der Waals surface area contributed by atoms with Gasteiger partial charge in [-0.1, -0.05) is 13.3 Å². The van der Waals surface area contributed by atoms with Crippen molar-refractivity contribution < 1.29 is 13.2 Å². The van der Waals surface area contributed by atoms with Crippen molar-refractivity contribution in [3.05, 3.63) is 39.9 Å². The quantitative estimate of drug-likeness (QED) is 0.749. The third kappa shape index (κ3) is 4.64. The third-order valence-corrected chi connectivity index (χ3v) is 5.68. The van der Waals surface area contributed by atoms with E-state index in [9.17, 15) is 18.0 Å². The van der Waals surface area contributed by atoms with Crippen LogP contribution in [0.5, 0.6) is 0 Å². The summed E-state index contributed by atoms with van der Waals surface area (Å²) in [6.07, 6.45) is -1.67. The first-order valence-electron chi connectivity index (χ1n) is 10.3. The zero-order chi connectivity index (χ0) is 21.2. The number of halogens is 3. The fourth-order valence-corrected chi connectivity index (χ4v) is 4.10. The first-order chi connectivity index (χ1) is 13.8. The Hall–Kier alpha value is -1.93. The molecule has 0 unspecified atom stereocenters. The summed E-state index contributed by atoms with van der Waals surface area (Å²) in [7, 11) is 2.10. The van der Waals surface area contributed by atoms with Gasteiger partial charge in [-0.2, -0.15) is 13.2 Å². The van der Waals surface area contributed by atoms with Gasteiger partial charge in [0.1, 0.15) is 5.82 Å². The number of nitrogens with zero attached hydrogens (tertiary/aromatic N) is 4. The number of likely N-dealkylation sites (N-methyl/N-ethyl adjacent to an activating group) is 1. The van der Waals surface area contributed by atoms with Gasteiger partial charge in [0.05, 0.1) is 22.5 Å². The van der Waals surface area contributed by atoms with Crippen molar-refractivity contribution in [1.29, 1.82) is 0 Å². The predicted molar refractivity (Wildman–Crippen MR) is 108 cm³/mol. The Morgan fingerprint density at radius 2 is 1.90 bits per heavy atom. The smallest absolute Gasteiger partial charge is 0.305 e. The molecule has 160 valence electrons. The van der Waals surface area contributed by atoms with Crippen LogP contribution in [-0.2, 0) is 12.7 Å². The average molecular weight is 410 g/mol. The van der Waals surface area contributed by atoms with Crippen LogP contribution in [0.1, 0.15) is 50.5 Å². The van der Waals surface area contributed by atoms with Crippen molar-refractivity contribution >= 4 is 10.9 Å². The molecule has 1 aliphatic heterocycles. The number of hydrogen-bond acceptors (Lipinski definition) is 4. The number of fused-ring (bicyclic) bond motifs is 1. The average Bonchev–Trinajstić information content (AvgIpc) is 2.89. The van der Waals surface area contributed by atoms with Gasteiger partial charge in [-0.15, -0.1) is 0 Å². The van der Waals surface area contributed by atoms with Gasteiger partial charge >= 0.3 is 6.18 Å². The Labute approximate surface area is 169 Å². The molecule has 1 fully saturated rings. The summed E-state index contributed by atoms with van der Waals surface area (Å²) in [5.74, 6) is 0.663. The van der Waals surface area contributed by atoms with E-state index in [1.54, 1.807) is 4.57 Å². The van der Waals surface area contributed by atoms with Crippen LogP contribution < -0.4 is 5.56 Å². The van der Waals surface area contributed by atoms with Crippen LogP contribution in [0.2, 0.25) is 0 Å². The van der Waals surface area contributed by atoms with E-state index in [0.29, 0.717) is 17.9 Å². The zero-order valence-corrected chi connectivity index (χ0v) is 17.3. The Kier molecular flexibility index (Phi) is 6.63. The molecule has 0 bridgehead atoms. The molecule has 2 aromatic rings. The second-order valence-electron chi connectivity index (χ2n) is 7.75. The lowest BCUT2D eigenvalue weighted by Crippen LogP contribution is -2.37. The van der Waals surface area contributed by atoms with Gasteiger partial charge in [0.2, 0.25) is 0 Å². The third-order valence-electron chi connectivity index (χ3n) is 5.68. The maximum absolute atomic E-state index is 13.1. The molecule has 3 rings (SSSR count). The molecule has 0 saturated carbocycles. The highest BCUT2D eigenvalue weighted by Gasteiger charge is 2.32. The highest BCUT2D eigenvalue weighted by molar-refractivity contribution is 5.78. The number of alkyl halides is 3. The minimum atomic E-state index is -4.49. The largest absolute Gasteiger partial charge is 0.416 e. The molecular formula is C21H29F3N4O.